The predicted molar refractivity (Wildman–Crippen MR) is 131 cm³/mol. The molecule has 1 aromatic heterocycles. The number of benzene rings is 1. The van der Waals surface area contributed by atoms with Gasteiger partial charge in [-0.15, -0.1) is 12.8 Å². The van der Waals surface area contributed by atoms with E-state index in [1.807, 2.05) is 32.2 Å². The van der Waals surface area contributed by atoms with Crippen LogP contribution in [0.4, 0.5) is 5.95 Å². The van der Waals surface area contributed by atoms with Gasteiger partial charge in [-0.25, -0.2) is 9.97 Å². The van der Waals surface area contributed by atoms with Crippen LogP contribution in [0.25, 0.3) is 11.4 Å². The fourth-order valence-electron chi connectivity index (χ4n) is 3.01. The lowest BCUT2D eigenvalue weighted by Crippen LogP contribution is -2.22. The molecule has 0 atom stereocenters. The summed E-state index contributed by atoms with van der Waals surface area (Å²) in [6.45, 7) is 6.26. The molecule has 0 saturated heterocycles. The Morgan fingerprint density at radius 2 is 1.90 bits per heavy atom. The van der Waals surface area contributed by atoms with Crippen LogP contribution in [0.15, 0.2) is 48.2 Å². The largest absolute Gasteiger partial charge is 0.396 e. The second-order valence-electron chi connectivity index (χ2n) is 7.85. The van der Waals surface area contributed by atoms with Crippen molar-refractivity contribution >= 4 is 17.3 Å². The smallest absolute Gasteiger partial charge is 0.223 e. The molecule has 0 spiro atoms. The first-order valence-electron chi connectivity index (χ1n) is 10.5. The maximum atomic E-state index is 6.66. The Morgan fingerprint density at radius 1 is 1.23 bits per heavy atom. The standard InChI is InChI=1S/C23H32N6.C2H2/c1-16-4-8-19(9-5-16)21(25)22(29(3)13-11-17(2)14-24)20-10-12-26-23(28-20)27-15-18-6-7-18;1-2/h4-5,8-12,18H,6-7,13-15,24-25H2,1-3H3,(H,26,27,28);1-2H/b17-11+,22-21-;. The van der Waals surface area contributed by atoms with Crippen molar-refractivity contribution in [1.82, 2.24) is 14.9 Å². The third kappa shape index (κ3) is 7.16. The van der Waals surface area contributed by atoms with Crippen LogP contribution in [0.3, 0.4) is 0 Å². The van der Waals surface area contributed by atoms with E-state index in [1.54, 1.807) is 6.20 Å². The van der Waals surface area contributed by atoms with Gasteiger partial charge in [0.25, 0.3) is 0 Å². The Bertz CT molecular complexity index is 923. The first-order chi connectivity index (χ1) is 15.0. The van der Waals surface area contributed by atoms with Crippen molar-refractivity contribution < 1.29 is 0 Å². The van der Waals surface area contributed by atoms with Crippen LogP contribution in [-0.2, 0) is 0 Å². The molecule has 2 aromatic rings. The van der Waals surface area contributed by atoms with E-state index in [0.29, 0.717) is 24.7 Å². The number of nitrogens with two attached hydrogens (primary N) is 2. The average molecular weight is 419 g/mol. The van der Waals surface area contributed by atoms with Crippen LogP contribution in [0, 0.1) is 25.7 Å². The molecular formula is C25H34N6. The summed E-state index contributed by atoms with van der Waals surface area (Å²) in [6.07, 6.45) is 14.5. The van der Waals surface area contributed by atoms with Gasteiger partial charge in [-0.05, 0) is 44.2 Å². The molecule has 3 rings (SSSR count). The van der Waals surface area contributed by atoms with Crippen molar-refractivity contribution in [3.8, 4) is 12.8 Å². The molecule has 0 amide bonds. The second-order valence-corrected chi connectivity index (χ2v) is 7.85. The fraction of sp³-hybridized carbons (Fsp3) is 0.360. The van der Waals surface area contributed by atoms with Crippen molar-refractivity contribution in [3.63, 3.8) is 0 Å². The monoisotopic (exact) mass is 418 g/mol. The topological polar surface area (TPSA) is 93.1 Å². The van der Waals surface area contributed by atoms with Gasteiger partial charge >= 0.3 is 0 Å². The van der Waals surface area contributed by atoms with Gasteiger partial charge in [0.05, 0.1) is 17.1 Å². The van der Waals surface area contributed by atoms with Crippen LogP contribution in [0.5, 0.6) is 0 Å². The van der Waals surface area contributed by atoms with Crippen molar-refractivity contribution in [2.75, 3.05) is 32.0 Å². The fourth-order valence-corrected chi connectivity index (χ4v) is 3.01. The molecule has 1 aliphatic rings. The first-order valence-corrected chi connectivity index (χ1v) is 10.5. The molecule has 1 aliphatic carbocycles. The molecule has 1 heterocycles. The number of nitrogens with zero attached hydrogens (tertiary/aromatic N) is 3. The summed E-state index contributed by atoms with van der Waals surface area (Å²) in [7, 11) is 2.02. The zero-order valence-corrected chi connectivity index (χ0v) is 18.8. The molecule has 0 aliphatic heterocycles. The third-order valence-corrected chi connectivity index (χ3v) is 5.18. The normalized spacial score (nSPS) is 14.2. The minimum Gasteiger partial charge on any atom is -0.396 e. The number of nitrogens with one attached hydrogen (secondary N) is 1. The summed E-state index contributed by atoms with van der Waals surface area (Å²) in [5.74, 6) is 1.40. The Balaban J connectivity index is 0.00000166. The molecule has 6 nitrogen and oxygen atoms in total. The van der Waals surface area contributed by atoms with Gasteiger partial charge in [0.15, 0.2) is 0 Å². The van der Waals surface area contributed by atoms with Gasteiger partial charge in [0.2, 0.25) is 5.95 Å². The molecule has 5 N–H and O–H groups in total. The van der Waals surface area contributed by atoms with E-state index >= 15 is 0 Å². The van der Waals surface area contributed by atoms with Crippen LogP contribution in [0.2, 0.25) is 0 Å². The van der Waals surface area contributed by atoms with Crippen molar-refractivity contribution in [1.29, 1.82) is 0 Å². The summed E-state index contributed by atoms with van der Waals surface area (Å²) in [5.41, 5.74) is 18.1. The summed E-state index contributed by atoms with van der Waals surface area (Å²) >= 11 is 0. The number of hydrogen-bond acceptors (Lipinski definition) is 6. The van der Waals surface area contributed by atoms with Gasteiger partial charge in [0, 0.05) is 32.9 Å². The zero-order valence-electron chi connectivity index (χ0n) is 18.8. The highest BCUT2D eigenvalue weighted by Crippen LogP contribution is 2.29. The van der Waals surface area contributed by atoms with E-state index in [9.17, 15) is 0 Å². The van der Waals surface area contributed by atoms with Gasteiger partial charge in [-0.1, -0.05) is 41.5 Å². The van der Waals surface area contributed by atoms with Crippen LogP contribution in [0.1, 0.15) is 36.6 Å². The van der Waals surface area contributed by atoms with Crippen molar-refractivity contribution in [2.24, 2.45) is 17.4 Å². The van der Waals surface area contributed by atoms with E-state index in [1.165, 1.54) is 18.4 Å². The molecule has 1 saturated carbocycles. The predicted octanol–water partition coefficient (Wildman–Crippen LogP) is 3.48. The minimum absolute atomic E-state index is 0.545. The molecule has 31 heavy (non-hydrogen) atoms. The van der Waals surface area contributed by atoms with E-state index in [2.05, 4.69) is 53.2 Å². The lowest BCUT2D eigenvalue weighted by atomic mass is 10.1. The third-order valence-electron chi connectivity index (χ3n) is 5.18. The number of aryl methyl sites for hydroxylation is 1. The molecule has 0 bridgehead atoms. The SMILES string of the molecule is C#C.C/C(=C\CN(C)/C(=C(\N)c1ccc(C)cc1)c1ccnc(NCC2CC2)n1)CN. The first kappa shape index (κ1) is 24.0. The van der Waals surface area contributed by atoms with E-state index in [0.717, 1.165) is 35.0 Å². The molecule has 1 fully saturated rings. The Morgan fingerprint density at radius 3 is 2.52 bits per heavy atom. The second kappa shape index (κ2) is 11.8. The molecule has 1 aromatic carbocycles. The van der Waals surface area contributed by atoms with Gasteiger partial charge in [0.1, 0.15) is 0 Å². The maximum absolute atomic E-state index is 6.66. The number of likely N-dealkylation sites (N-methyl/N-ethyl adjacent to an activating group) is 1. The number of terminal acetylenes is 1. The van der Waals surface area contributed by atoms with Crippen LogP contribution < -0.4 is 16.8 Å². The zero-order chi connectivity index (χ0) is 22.8. The van der Waals surface area contributed by atoms with Gasteiger partial charge < -0.3 is 21.7 Å². The molecule has 0 radical (unpaired) electrons. The Kier molecular flexibility index (Phi) is 9.11. The van der Waals surface area contributed by atoms with Crippen LogP contribution in [-0.4, -0.2) is 41.5 Å². The average Bonchev–Trinajstić information content (AvgIpc) is 3.63. The maximum Gasteiger partial charge on any atom is 0.223 e. The minimum atomic E-state index is 0.545. The summed E-state index contributed by atoms with van der Waals surface area (Å²) < 4.78 is 0. The van der Waals surface area contributed by atoms with Gasteiger partial charge in [-0.3, -0.25) is 0 Å². The Hall–Kier alpha value is -3.30. The van der Waals surface area contributed by atoms with E-state index < -0.39 is 0 Å². The quantitative estimate of drug-likeness (QED) is 0.426. The van der Waals surface area contributed by atoms with Crippen molar-refractivity contribution in [3.05, 3.63) is 65.0 Å². The molecule has 164 valence electrons. The summed E-state index contributed by atoms with van der Waals surface area (Å²) in [4.78, 5) is 11.3. The lowest BCUT2D eigenvalue weighted by Gasteiger charge is -2.24. The summed E-state index contributed by atoms with van der Waals surface area (Å²) in [5, 5.41) is 3.35. The highest BCUT2D eigenvalue weighted by atomic mass is 15.2. The Labute approximate surface area is 186 Å². The highest BCUT2D eigenvalue weighted by molar-refractivity contribution is 5.87. The van der Waals surface area contributed by atoms with Gasteiger partial charge in [-0.2, -0.15) is 0 Å². The number of rotatable bonds is 9. The van der Waals surface area contributed by atoms with E-state index in [4.69, 9.17) is 16.5 Å². The van der Waals surface area contributed by atoms with Crippen molar-refractivity contribution in [2.45, 2.75) is 26.7 Å². The lowest BCUT2D eigenvalue weighted by molar-refractivity contribution is 0.532. The highest BCUT2D eigenvalue weighted by Gasteiger charge is 2.21. The molecule has 0 unspecified atom stereocenters. The number of anilines is 1. The molecular weight excluding hydrogens is 384 g/mol. The molecule has 6 heteroatoms. The summed E-state index contributed by atoms with van der Waals surface area (Å²) in [6, 6.07) is 10.1. The number of aromatic nitrogens is 2. The number of hydrogen-bond donors (Lipinski definition) is 3. The van der Waals surface area contributed by atoms with E-state index in [-0.39, 0.29) is 0 Å². The van der Waals surface area contributed by atoms with Crippen LogP contribution >= 0.6 is 0 Å².